The molecule has 0 radical (unpaired) electrons. The van der Waals surface area contributed by atoms with Crippen LogP contribution in [0.2, 0.25) is 0 Å². The number of nitrogens with zero attached hydrogens (tertiary/aromatic N) is 2. The minimum atomic E-state index is -0.203. The monoisotopic (exact) mass is 263 g/mol. The molecule has 1 unspecified atom stereocenters. The highest BCUT2D eigenvalue weighted by atomic mass is 19.1. The standard InChI is InChI=1S/C14H18FN3O/c15-12-3-1-11(2-4-12)13(14-16-5-6-17-14)18-7-9-19-10-8-18/h1-4,13H,5-10H2,(H,16,17). The fourth-order valence-electron chi connectivity index (χ4n) is 2.62. The Balaban J connectivity index is 1.88. The molecule has 3 rings (SSSR count). The topological polar surface area (TPSA) is 36.9 Å². The summed E-state index contributed by atoms with van der Waals surface area (Å²) >= 11 is 0. The fraction of sp³-hybridized carbons (Fsp3) is 0.500. The minimum Gasteiger partial charge on any atom is -0.379 e. The Labute approximate surface area is 112 Å². The second-order valence-electron chi connectivity index (χ2n) is 4.80. The Morgan fingerprint density at radius 3 is 2.58 bits per heavy atom. The van der Waals surface area contributed by atoms with Crippen LogP contribution < -0.4 is 5.32 Å². The molecular formula is C14H18FN3O. The highest BCUT2D eigenvalue weighted by molar-refractivity contribution is 5.89. The van der Waals surface area contributed by atoms with E-state index in [-0.39, 0.29) is 11.9 Å². The second kappa shape index (κ2) is 5.67. The highest BCUT2D eigenvalue weighted by Crippen LogP contribution is 2.24. The first-order valence-corrected chi connectivity index (χ1v) is 6.70. The van der Waals surface area contributed by atoms with Gasteiger partial charge in [-0.25, -0.2) is 4.39 Å². The number of nitrogens with one attached hydrogen (secondary N) is 1. The first-order chi connectivity index (χ1) is 9.34. The lowest BCUT2D eigenvalue weighted by atomic mass is 10.0. The molecule has 0 spiro atoms. The van der Waals surface area contributed by atoms with E-state index in [1.807, 2.05) is 12.1 Å². The van der Waals surface area contributed by atoms with Crippen LogP contribution in [0.25, 0.3) is 0 Å². The predicted octanol–water partition coefficient (Wildman–Crippen LogP) is 1.20. The molecule has 0 saturated carbocycles. The minimum absolute atomic E-state index is 0.0898. The SMILES string of the molecule is Fc1ccc(C(C2=NCCN2)N2CCOCC2)cc1. The average Bonchev–Trinajstić information content (AvgIpc) is 2.96. The van der Waals surface area contributed by atoms with Crippen LogP contribution in [-0.2, 0) is 4.74 Å². The summed E-state index contributed by atoms with van der Waals surface area (Å²) in [7, 11) is 0. The Morgan fingerprint density at radius 2 is 1.95 bits per heavy atom. The molecule has 1 fully saturated rings. The zero-order valence-electron chi connectivity index (χ0n) is 10.8. The van der Waals surface area contributed by atoms with Crippen molar-refractivity contribution in [1.82, 2.24) is 10.2 Å². The number of ether oxygens (including phenoxy) is 1. The third-order valence-corrected chi connectivity index (χ3v) is 3.56. The lowest BCUT2D eigenvalue weighted by molar-refractivity contribution is 0.0282. The average molecular weight is 263 g/mol. The van der Waals surface area contributed by atoms with Crippen molar-refractivity contribution in [3.63, 3.8) is 0 Å². The summed E-state index contributed by atoms with van der Waals surface area (Å²) in [5, 5.41) is 3.34. The molecule has 0 bridgehead atoms. The van der Waals surface area contributed by atoms with Crippen molar-refractivity contribution in [2.45, 2.75) is 6.04 Å². The van der Waals surface area contributed by atoms with Gasteiger partial charge in [0.2, 0.25) is 0 Å². The van der Waals surface area contributed by atoms with E-state index < -0.39 is 0 Å². The van der Waals surface area contributed by atoms with Crippen LogP contribution >= 0.6 is 0 Å². The van der Waals surface area contributed by atoms with Gasteiger partial charge in [-0.05, 0) is 17.7 Å². The normalized spacial score (nSPS) is 21.8. The maximum Gasteiger partial charge on any atom is 0.123 e. The third-order valence-electron chi connectivity index (χ3n) is 3.56. The van der Waals surface area contributed by atoms with Crippen molar-refractivity contribution in [3.05, 3.63) is 35.6 Å². The Morgan fingerprint density at radius 1 is 1.21 bits per heavy atom. The largest absolute Gasteiger partial charge is 0.379 e. The quantitative estimate of drug-likeness (QED) is 0.890. The molecule has 19 heavy (non-hydrogen) atoms. The van der Waals surface area contributed by atoms with Gasteiger partial charge >= 0.3 is 0 Å². The first kappa shape index (κ1) is 12.6. The van der Waals surface area contributed by atoms with E-state index in [9.17, 15) is 4.39 Å². The van der Waals surface area contributed by atoms with Crippen molar-refractivity contribution < 1.29 is 9.13 Å². The van der Waals surface area contributed by atoms with E-state index in [2.05, 4.69) is 15.2 Å². The lowest BCUT2D eigenvalue weighted by Crippen LogP contribution is -2.44. The van der Waals surface area contributed by atoms with Crippen molar-refractivity contribution in [1.29, 1.82) is 0 Å². The summed E-state index contributed by atoms with van der Waals surface area (Å²) in [5.41, 5.74) is 1.08. The smallest absolute Gasteiger partial charge is 0.123 e. The van der Waals surface area contributed by atoms with Crippen LogP contribution in [0.5, 0.6) is 0 Å². The summed E-state index contributed by atoms with van der Waals surface area (Å²) in [5.74, 6) is 0.791. The number of morpholine rings is 1. The molecule has 102 valence electrons. The van der Waals surface area contributed by atoms with Crippen LogP contribution in [0.1, 0.15) is 11.6 Å². The summed E-state index contributed by atoms with van der Waals surface area (Å²) in [6, 6.07) is 6.80. The van der Waals surface area contributed by atoms with Crippen LogP contribution in [-0.4, -0.2) is 50.1 Å². The number of rotatable bonds is 3. The van der Waals surface area contributed by atoms with Gasteiger partial charge in [0.15, 0.2) is 0 Å². The molecule has 1 saturated heterocycles. The number of hydrogen-bond donors (Lipinski definition) is 1. The Hall–Kier alpha value is -1.46. The van der Waals surface area contributed by atoms with E-state index in [4.69, 9.17) is 4.74 Å². The van der Waals surface area contributed by atoms with Gasteiger partial charge in [-0.15, -0.1) is 0 Å². The van der Waals surface area contributed by atoms with Crippen LogP contribution in [0.15, 0.2) is 29.3 Å². The van der Waals surface area contributed by atoms with Gasteiger partial charge in [-0.1, -0.05) is 12.1 Å². The van der Waals surface area contributed by atoms with Crippen molar-refractivity contribution in [2.75, 3.05) is 39.4 Å². The molecule has 4 nitrogen and oxygen atoms in total. The van der Waals surface area contributed by atoms with Crippen molar-refractivity contribution in [2.24, 2.45) is 4.99 Å². The summed E-state index contributed by atoms with van der Waals surface area (Å²) < 4.78 is 18.5. The van der Waals surface area contributed by atoms with Crippen LogP contribution in [0.3, 0.4) is 0 Å². The zero-order valence-corrected chi connectivity index (χ0v) is 10.8. The number of hydrogen-bond acceptors (Lipinski definition) is 4. The Bertz CT molecular complexity index is 454. The van der Waals surface area contributed by atoms with E-state index in [0.29, 0.717) is 0 Å². The van der Waals surface area contributed by atoms with Crippen molar-refractivity contribution >= 4 is 5.84 Å². The molecule has 1 aromatic carbocycles. The fourth-order valence-corrected chi connectivity index (χ4v) is 2.62. The maximum atomic E-state index is 13.1. The van der Waals surface area contributed by atoms with Gasteiger partial charge in [0, 0.05) is 19.6 Å². The molecule has 2 aliphatic rings. The molecule has 1 aromatic rings. The van der Waals surface area contributed by atoms with Crippen molar-refractivity contribution in [3.8, 4) is 0 Å². The zero-order chi connectivity index (χ0) is 13.1. The van der Waals surface area contributed by atoms with E-state index in [1.165, 1.54) is 12.1 Å². The molecule has 1 atom stereocenters. The predicted molar refractivity (Wildman–Crippen MR) is 71.8 cm³/mol. The van der Waals surface area contributed by atoms with Crippen LogP contribution in [0, 0.1) is 5.82 Å². The van der Waals surface area contributed by atoms with Gasteiger partial charge in [0.05, 0.1) is 25.8 Å². The summed E-state index contributed by atoms with van der Waals surface area (Å²) in [4.78, 5) is 6.88. The number of benzene rings is 1. The van der Waals surface area contributed by atoms with Gasteiger partial charge in [-0.3, -0.25) is 9.89 Å². The van der Waals surface area contributed by atoms with E-state index in [0.717, 1.165) is 50.8 Å². The summed E-state index contributed by atoms with van der Waals surface area (Å²) in [6.45, 7) is 4.94. The first-order valence-electron chi connectivity index (χ1n) is 6.70. The van der Waals surface area contributed by atoms with E-state index >= 15 is 0 Å². The molecule has 0 aromatic heterocycles. The van der Waals surface area contributed by atoms with Crippen LogP contribution in [0.4, 0.5) is 4.39 Å². The number of halogens is 1. The molecule has 0 aliphatic carbocycles. The summed E-state index contributed by atoms with van der Waals surface area (Å²) in [6.07, 6.45) is 0. The lowest BCUT2D eigenvalue weighted by Gasteiger charge is -2.34. The van der Waals surface area contributed by atoms with E-state index in [1.54, 1.807) is 0 Å². The van der Waals surface area contributed by atoms with Gasteiger partial charge < -0.3 is 10.1 Å². The molecule has 1 N–H and O–H groups in total. The number of amidine groups is 1. The molecule has 2 heterocycles. The van der Waals surface area contributed by atoms with Gasteiger partial charge in [0.1, 0.15) is 11.7 Å². The second-order valence-corrected chi connectivity index (χ2v) is 4.80. The highest BCUT2D eigenvalue weighted by Gasteiger charge is 2.28. The molecular weight excluding hydrogens is 245 g/mol. The molecule has 5 heteroatoms. The van der Waals surface area contributed by atoms with Gasteiger partial charge in [0.25, 0.3) is 0 Å². The van der Waals surface area contributed by atoms with Gasteiger partial charge in [-0.2, -0.15) is 0 Å². The number of aliphatic imine (C=N–C) groups is 1. The maximum absolute atomic E-state index is 13.1. The molecule has 0 amide bonds. The third kappa shape index (κ3) is 2.77. The Kier molecular flexibility index (Phi) is 3.75. The molecule has 2 aliphatic heterocycles.